The Kier molecular flexibility index (Phi) is 4.08. The maximum absolute atomic E-state index is 12.6. The monoisotopic (exact) mass is 321 g/mol. The summed E-state index contributed by atoms with van der Waals surface area (Å²) in [5.74, 6) is 0.856. The number of amides is 1. The number of methoxy groups -OCH3 is 2. The molecule has 0 aliphatic carbocycles. The molecule has 24 heavy (non-hydrogen) atoms. The maximum Gasteiger partial charge on any atom is 0.257 e. The van der Waals surface area contributed by atoms with Gasteiger partial charge in [0.1, 0.15) is 0 Å². The minimum atomic E-state index is -0.274. The molecule has 3 rings (SSSR count). The Bertz CT molecular complexity index is 954. The average molecular weight is 321 g/mol. The predicted octanol–water partition coefficient (Wildman–Crippen LogP) is 3.31. The number of carbonyl (C=O) groups excluding carboxylic acids is 1. The number of benzene rings is 2. The van der Waals surface area contributed by atoms with Gasteiger partial charge in [-0.25, -0.2) is 0 Å². The number of nitrogens with one attached hydrogen (secondary N) is 2. The van der Waals surface area contributed by atoms with E-state index >= 15 is 0 Å². The van der Waals surface area contributed by atoms with Crippen LogP contribution in [0.5, 0.6) is 11.5 Å². The molecule has 120 valence electrons. The predicted molar refractivity (Wildman–Crippen MR) is 90.5 cm³/mol. The number of aromatic amines is 1. The van der Waals surface area contributed by atoms with E-state index in [1.807, 2.05) is 6.07 Å². The lowest BCUT2D eigenvalue weighted by atomic mass is 10.1. The van der Waals surface area contributed by atoms with Crippen LogP contribution in [0, 0.1) is 11.3 Å². The molecule has 0 aliphatic rings. The van der Waals surface area contributed by atoms with Gasteiger partial charge >= 0.3 is 0 Å². The van der Waals surface area contributed by atoms with E-state index in [1.54, 1.807) is 56.8 Å². The van der Waals surface area contributed by atoms with E-state index in [4.69, 9.17) is 14.7 Å². The highest BCUT2D eigenvalue weighted by Crippen LogP contribution is 2.33. The molecule has 0 aliphatic heterocycles. The van der Waals surface area contributed by atoms with Crippen LogP contribution in [0.25, 0.3) is 10.9 Å². The van der Waals surface area contributed by atoms with Crippen molar-refractivity contribution in [2.45, 2.75) is 0 Å². The summed E-state index contributed by atoms with van der Waals surface area (Å²) in [6.45, 7) is 0. The molecular formula is C18H15N3O3. The molecule has 6 heteroatoms. The molecule has 0 saturated carbocycles. The van der Waals surface area contributed by atoms with Crippen molar-refractivity contribution in [1.82, 2.24) is 4.98 Å². The zero-order valence-electron chi connectivity index (χ0n) is 13.2. The van der Waals surface area contributed by atoms with Gasteiger partial charge in [-0.3, -0.25) is 4.79 Å². The summed E-state index contributed by atoms with van der Waals surface area (Å²) in [7, 11) is 3.10. The summed E-state index contributed by atoms with van der Waals surface area (Å²) in [5, 5.41) is 12.5. The minimum absolute atomic E-state index is 0.274. The SMILES string of the molecule is COc1cc2[nH]cc(C(=O)Nc3cccc(C#N)c3)c2cc1OC. The van der Waals surface area contributed by atoms with Crippen molar-refractivity contribution in [3.63, 3.8) is 0 Å². The van der Waals surface area contributed by atoms with Crippen LogP contribution >= 0.6 is 0 Å². The van der Waals surface area contributed by atoms with Crippen LogP contribution in [-0.4, -0.2) is 25.1 Å². The summed E-state index contributed by atoms with van der Waals surface area (Å²) in [4.78, 5) is 15.6. The molecule has 0 fully saturated rings. The van der Waals surface area contributed by atoms with Crippen LogP contribution in [0.3, 0.4) is 0 Å². The Balaban J connectivity index is 1.96. The van der Waals surface area contributed by atoms with Crippen molar-refractivity contribution >= 4 is 22.5 Å². The smallest absolute Gasteiger partial charge is 0.257 e. The fraction of sp³-hybridized carbons (Fsp3) is 0.111. The summed E-state index contributed by atoms with van der Waals surface area (Å²) in [5.41, 5.74) is 2.30. The Morgan fingerprint density at radius 1 is 1.17 bits per heavy atom. The van der Waals surface area contributed by atoms with Crippen molar-refractivity contribution < 1.29 is 14.3 Å². The van der Waals surface area contributed by atoms with Gasteiger partial charge in [-0.1, -0.05) is 6.07 Å². The van der Waals surface area contributed by atoms with Crippen LogP contribution in [-0.2, 0) is 0 Å². The lowest BCUT2D eigenvalue weighted by Gasteiger charge is -2.08. The average Bonchev–Trinajstić information content (AvgIpc) is 3.03. The number of carbonyl (C=O) groups is 1. The number of rotatable bonds is 4. The maximum atomic E-state index is 12.6. The molecule has 0 radical (unpaired) electrons. The number of hydrogen-bond donors (Lipinski definition) is 2. The van der Waals surface area contributed by atoms with Crippen LogP contribution in [0.2, 0.25) is 0 Å². The van der Waals surface area contributed by atoms with Gasteiger partial charge in [-0.2, -0.15) is 5.26 Å². The third kappa shape index (κ3) is 2.75. The highest BCUT2D eigenvalue weighted by atomic mass is 16.5. The molecule has 3 aromatic rings. The van der Waals surface area contributed by atoms with E-state index in [9.17, 15) is 4.79 Å². The van der Waals surface area contributed by atoms with Gasteiger partial charge in [0.15, 0.2) is 11.5 Å². The van der Waals surface area contributed by atoms with E-state index in [1.165, 1.54) is 0 Å². The number of aromatic nitrogens is 1. The molecule has 0 bridgehead atoms. The molecule has 1 aromatic heterocycles. The molecule has 0 unspecified atom stereocenters. The molecular weight excluding hydrogens is 306 g/mol. The minimum Gasteiger partial charge on any atom is -0.493 e. The Morgan fingerprint density at radius 2 is 1.92 bits per heavy atom. The van der Waals surface area contributed by atoms with E-state index < -0.39 is 0 Å². The first-order valence-electron chi connectivity index (χ1n) is 7.21. The second-order valence-corrected chi connectivity index (χ2v) is 5.10. The van der Waals surface area contributed by atoms with Crippen LogP contribution in [0.4, 0.5) is 5.69 Å². The number of nitrogens with zero attached hydrogens (tertiary/aromatic N) is 1. The van der Waals surface area contributed by atoms with Gasteiger partial charge in [-0.15, -0.1) is 0 Å². The van der Waals surface area contributed by atoms with Gasteiger partial charge in [0.2, 0.25) is 0 Å². The lowest BCUT2D eigenvalue weighted by molar-refractivity contribution is 0.102. The fourth-order valence-electron chi connectivity index (χ4n) is 2.50. The molecule has 1 heterocycles. The molecule has 0 saturated heterocycles. The number of H-pyrrole nitrogens is 1. The molecule has 6 nitrogen and oxygen atoms in total. The van der Waals surface area contributed by atoms with E-state index in [-0.39, 0.29) is 5.91 Å². The Hall–Kier alpha value is -3.46. The number of hydrogen-bond acceptors (Lipinski definition) is 4. The van der Waals surface area contributed by atoms with Crippen molar-refractivity contribution in [1.29, 1.82) is 5.26 Å². The second kappa shape index (κ2) is 6.34. The van der Waals surface area contributed by atoms with Crippen LogP contribution < -0.4 is 14.8 Å². The number of ether oxygens (including phenoxy) is 2. The van der Waals surface area contributed by atoms with Crippen molar-refractivity contribution in [2.75, 3.05) is 19.5 Å². The van der Waals surface area contributed by atoms with E-state index in [0.29, 0.717) is 28.3 Å². The first-order valence-corrected chi connectivity index (χ1v) is 7.21. The van der Waals surface area contributed by atoms with Crippen molar-refractivity contribution in [3.05, 3.63) is 53.7 Å². The van der Waals surface area contributed by atoms with E-state index in [2.05, 4.69) is 10.3 Å². The third-order valence-corrected chi connectivity index (χ3v) is 3.68. The quantitative estimate of drug-likeness (QED) is 0.772. The topological polar surface area (TPSA) is 87.1 Å². The first kappa shape index (κ1) is 15.4. The van der Waals surface area contributed by atoms with Crippen molar-refractivity contribution in [3.8, 4) is 17.6 Å². The zero-order chi connectivity index (χ0) is 17.1. The Labute approximate surface area is 138 Å². The fourth-order valence-corrected chi connectivity index (χ4v) is 2.50. The lowest BCUT2D eigenvalue weighted by Crippen LogP contribution is -2.11. The molecule has 0 atom stereocenters. The molecule has 2 aromatic carbocycles. The number of anilines is 1. The molecule has 1 amide bonds. The van der Waals surface area contributed by atoms with Gasteiger partial charge in [-0.05, 0) is 24.3 Å². The van der Waals surface area contributed by atoms with E-state index in [0.717, 1.165) is 10.9 Å². The second-order valence-electron chi connectivity index (χ2n) is 5.10. The highest BCUT2D eigenvalue weighted by Gasteiger charge is 2.15. The number of fused-ring (bicyclic) bond motifs is 1. The third-order valence-electron chi connectivity index (χ3n) is 3.68. The number of nitriles is 1. The van der Waals surface area contributed by atoms with Gasteiger partial charge < -0.3 is 19.8 Å². The van der Waals surface area contributed by atoms with Crippen molar-refractivity contribution in [2.24, 2.45) is 0 Å². The van der Waals surface area contributed by atoms with Crippen LogP contribution in [0.15, 0.2) is 42.6 Å². The standard InChI is InChI=1S/C18H15N3O3/c1-23-16-7-13-14(10-20-15(13)8-17(16)24-2)18(22)21-12-5-3-4-11(6-12)9-19/h3-8,10,20H,1-2H3,(H,21,22). The summed E-state index contributed by atoms with van der Waals surface area (Å²) < 4.78 is 10.5. The summed E-state index contributed by atoms with van der Waals surface area (Å²) in [6.07, 6.45) is 1.63. The summed E-state index contributed by atoms with van der Waals surface area (Å²) in [6, 6.07) is 12.3. The van der Waals surface area contributed by atoms with Gasteiger partial charge in [0, 0.05) is 23.3 Å². The molecule has 0 spiro atoms. The normalized spacial score (nSPS) is 10.2. The summed E-state index contributed by atoms with van der Waals surface area (Å²) >= 11 is 0. The molecule has 2 N–H and O–H groups in total. The van der Waals surface area contributed by atoms with Crippen LogP contribution in [0.1, 0.15) is 15.9 Å². The first-order chi connectivity index (χ1) is 11.7. The zero-order valence-corrected chi connectivity index (χ0v) is 13.2. The largest absolute Gasteiger partial charge is 0.493 e. The Morgan fingerprint density at radius 3 is 2.62 bits per heavy atom. The highest BCUT2D eigenvalue weighted by molar-refractivity contribution is 6.13. The van der Waals surface area contributed by atoms with Gasteiger partial charge in [0.25, 0.3) is 5.91 Å². The van der Waals surface area contributed by atoms with Gasteiger partial charge in [0.05, 0.1) is 36.9 Å².